The predicted molar refractivity (Wildman–Crippen MR) is 130 cm³/mol. The number of aromatic nitrogens is 3. The van der Waals surface area contributed by atoms with Gasteiger partial charge in [-0.25, -0.2) is 15.0 Å². The number of nitrogens with one attached hydrogen (secondary N) is 1. The molecular formula is C25H27N5OS. The second-order valence-corrected chi connectivity index (χ2v) is 9.53. The Labute approximate surface area is 191 Å². The summed E-state index contributed by atoms with van der Waals surface area (Å²) in [7, 11) is 0. The Kier molecular flexibility index (Phi) is 5.99. The number of hydrogen-bond acceptors (Lipinski definition) is 6. The number of benzene rings is 1. The zero-order valence-corrected chi connectivity index (χ0v) is 19.0. The summed E-state index contributed by atoms with van der Waals surface area (Å²) in [5.41, 5.74) is 2.28. The van der Waals surface area contributed by atoms with Crippen molar-refractivity contribution >= 4 is 43.5 Å². The minimum Gasteiger partial charge on any atom is -0.355 e. The maximum atomic E-state index is 12.8. The van der Waals surface area contributed by atoms with Crippen molar-refractivity contribution in [2.45, 2.75) is 38.6 Å². The molecule has 0 radical (unpaired) electrons. The van der Waals surface area contributed by atoms with Gasteiger partial charge in [-0.2, -0.15) is 0 Å². The number of piperidine rings is 1. The molecule has 1 aliphatic heterocycles. The number of anilines is 1. The molecule has 1 aromatic carbocycles. The van der Waals surface area contributed by atoms with Crippen LogP contribution in [0.2, 0.25) is 0 Å². The second kappa shape index (κ2) is 9.20. The standard InChI is InChI=1S/C25H27N5OS/c1-17(9-10-18-6-3-2-4-7-18)29-24(31)19-11-14-30(15-12-19)23-22-21(27-16-28-23)20-8-5-13-26-25(20)32-22/h2-8,13,16-17,19H,9-12,14-15H2,1H3,(H,29,31)/t17-/m1/s1. The Bertz CT molecular complexity index is 1220. The van der Waals surface area contributed by atoms with Gasteiger partial charge in [0.1, 0.15) is 17.0 Å². The first-order chi connectivity index (χ1) is 15.7. The van der Waals surface area contributed by atoms with Crippen molar-refractivity contribution in [3.63, 3.8) is 0 Å². The van der Waals surface area contributed by atoms with Gasteiger partial charge < -0.3 is 10.2 Å². The van der Waals surface area contributed by atoms with E-state index < -0.39 is 0 Å². The zero-order valence-electron chi connectivity index (χ0n) is 18.2. The van der Waals surface area contributed by atoms with Crippen molar-refractivity contribution in [2.24, 2.45) is 5.92 Å². The Hall–Kier alpha value is -3.06. The molecule has 6 nitrogen and oxygen atoms in total. The molecule has 0 unspecified atom stereocenters. The lowest BCUT2D eigenvalue weighted by Gasteiger charge is -2.32. The summed E-state index contributed by atoms with van der Waals surface area (Å²) in [5, 5.41) is 4.31. The molecule has 4 aromatic rings. The maximum Gasteiger partial charge on any atom is 0.223 e. The lowest BCUT2D eigenvalue weighted by Crippen LogP contribution is -2.43. The number of carbonyl (C=O) groups is 1. The Morgan fingerprint density at radius 3 is 2.75 bits per heavy atom. The van der Waals surface area contributed by atoms with Crippen molar-refractivity contribution < 1.29 is 4.79 Å². The number of rotatable bonds is 6. The van der Waals surface area contributed by atoms with Gasteiger partial charge in [-0.3, -0.25) is 4.79 Å². The van der Waals surface area contributed by atoms with Gasteiger partial charge in [0.05, 0.1) is 10.2 Å². The molecule has 32 heavy (non-hydrogen) atoms. The van der Waals surface area contributed by atoms with Gasteiger partial charge >= 0.3 is 0 Å². The van der Waals surface area contributed by atoms with Crippen molar-refractivity contribution in [1.29, 1.82) is 0 Å². The molecular weight excluding hydrogens is 418 g/mol. The van der Waals surface area contributed by atoms with Crippen LogP contribution in [0.4, 0.5) is 5.82 Å². The molecule has 164 valence electrons. The molecule has 7 heteroatoms. The molecule has 1 fully saturated rings. The van der Waals surface area contributed by atoms with Crippen LogP contribution in [0.5, 0.6) is 0 Å². The summed E-state index contributed by atoms with van der Waals surface area (Å²) in [4.78, 5) is 29.7. The summed E-state index contributed by atoms with van der Waals surface area (Å²) in [5.74, 6) is 1.21. The maximum absolute atomic E-state index is 12.8. The molecule has 0 bridgehead atoms. The molecule has 1 saturated heterocycles. The van der Waals surface area contributed by atoms with Crippen LogP contribution in [-0.2, 0) is 11.2 Å². The lowest BCUT2D eigenvalue weighted by atomic mass is 9.95. The fraction of sp³-hybridized carbons (Fsp3) is 0.360. The summed E-state index contributed by atoms with van der Waals surface area (Å²) in [6.07, 6.45) is 7.07. The van der Waals surface area contributed by atoms with Crippen LogP contribution in [0, 0.1) is 5.92 Å². The van der Waals surface area contributed by atoms with Crippen LogP contribution in [0.15, 0.2) is 55.0 Å². The highest BCUT2D eigenvalue weighted by Crippen LogP contribution is 2.37. The molecule has 0 aliphatic carbocycles. The molecule has 1 aliphatic rings. The first-order valence-corrected chi connectivity index (χ1v) is 12.1. The molecule has 0 saturated carbocycles. The van der Waals surface area contributed by atoms with Gasteiger partial charge in [0.25, 0.3) is 0 Å². The van der Waals surface area contributed by atoms with Gasteiger partial charge in [-0.1, -0.05) is 30.3 Å². The van der Waals surface area contributed by atoms with Crippen LogP contribution in [-0.4, -0.2) is 40.0 Å². The van der Waals surface area contributed by atoms with Gasteiger partial charge in [0.2, 0.25) is 5.91 Å². The number of carbonyl (C=O) groups excluding carboxylic acids is 1. The fourth-order valence-corrected chi connectivity index (χ4v) is 5.55. The van der Waals surface area contributed by atoms with Crippen LogP contribution >= 0.6 is 11.3 Å². The number of pyridine rings is 1. The Morgan fingerprint density at radius 2 is 1.94 bits per heavy atom. The molecule has 1 atom stereocenters. The van der Waals surface area contributed by atoms with Crippen LogP contribution in [0.1, 0.15) is 31.7 Å². The van der Waals surface area contributed by atoms with E-state index in [2.05, 4.69) is 62.4 Å². The van der Waals surface area contributed by atoms with Crippen LogP contribution < -0.4 is 10.2 Å². The molecule has 1 N–H and O–H groups in total. The zero-order chi connectivity index (χ0) is 21.9. The predicted octanol–water partition coefficient (Wildman–Crippen LogP) is 4.59. The highest BCUT2D eigenvalue weighted by Gasteiger charge is 2.27. The number of amides is 1. The van der Waals surface area contributed by atoms with E-state index in [0.717, 1.165) is 65.0 Å². The van der Waals surface area contributed by atoms with E-state index in [9.17, 15) is 4.79 Å². The van der Waals surface area contributed by atoms with Crippen LogP contribution in [0.3, 0.4) is 0 Å². The number of hydrogen-bond donors (Lipinski definition) is 1. The molecule has 1 amide bonds. The van der Waals surface area contributed by atoms with E-state index in [0.29, 0.717) is 0 Å². The molecule has 3 aromatic heterocycles. The smallest absolute Gasteiger partial charge is 0.223 e. The van der Waals surface area contributed by atoms with Crippen molar-refractivity contribution in [1.82, 2.24) is 20.3 Å². The first-order valence-electron chi connectivity index (χ1n) is 11.3. The highest BCUT2D eigenvalue weighted by molar-refractivity contribution is 7.25. The van der Waals surface area contributed by atoms with E-state index in [1.807, 2.05) is 18.3 Å². The van der Waals surface area contributed by atoms with Gasteiger partial charge in [0, 0.05) is 36.6 Å². The third-order valence-electron chi connectivity index (χ3n) is 6.27. The van der Waals surface area contributed by atoms with Crippen molar-refractivity contribution in [3.8, 4) is 0 Å². The van der Waals surface area contributed by atoms with E-state index >= 15 is 0 Å². The average Bonchev–Trinajstić information content (AvgIpc) is 3.22. The summed E-state index contributed by atoms with van der Waals surface area (Å²) < 4.78 is 1.08. The molecule has 0 spiro atoms. The third-order valence-corrected chi connectivity index (χ3v) is 7.37. The molecule has 4 heterocycles. The number of fused-ring (bicyclic) bond motifs is 3. The summed E-state index contributed by atoms with van der Waals surface area (Å²) >= 11 is 1.64. The Morgan fingerprint density at radius 1 is 1.12 bits per heavy atom. The van der Waals surface area contributed by atoms with E-state index in [1.165, 1.54) is 5.56 Å². The summed E-state index contributed by atoms with van der Waals surface area (Å²) in [6, 6.07) is 14.6. The quantitative estimate of drug-likeness (QED) is 0.470. The highest BCUT2D eigenvalue weighted by atomic mass is 32.1. The number of aryl methyl sites for hydroxylation is 1. The SMILES string of the molecule is C[C@H](CCc1ccccc1)NC(=O)C1CCN(c2ncnc3c2sc2ncccc23)CC1. The Balaban J connectivity index is 1.19. The normalized spacial score (nSPS) is 15.8. The average molecular weight is 446 g/mol. The van der Waals surface area contributed by atoms with E-state index in [4.69, 9.17) is 0 Å². The minimum absolute atomic E-state index is 0.0619. The topological polar surface area (TPSA) is 71.0 Å². The minimum atomic E-state index is 0.0619. The van der Waals surface area contributed by atoms with Crippen LogP contribution in [0.25, 0.3) is 20.4 Å². The fourth-order valence-electron chi connectivity index (χ4n) is 4.44. The number of thiophene rings is 1. The summed E-state index contributed by atoms with van der Waals surface area (Å²) in [6.45, 7) is 3.75. The van der Waals surface area contributed by atoms with Gasteiger partial charge in [-0.15, -0.1) is 11.3 Å². The monoisotopic (exact) mass is 445 g/mol. The van der Waals surface area contributed by atoms with E-state index in [1.54, 1.807) is 17.7 Å². The second-order valence-electron chi connectivity index (χ2n) is 8.53. The lowest BCUT2D eigenvalue weighted by molar-refractivity contribution is -0.126. The third kappa shape index (κ3) is 4.30. The van der Waals surface area contributed by atoms with E-state index in [-0.39, 0.29) is 17.9 Å². The van der Waals surface area contributed by atoms with Gasteiger partial charge in [0.15, 0.2) is 0 Å². The van der Waals surface area contributed by atoms with Gasteiger partial charge in [-0.05, 0) is 50.3 Å². The van der Waals surface area contributed by atoms with Crippen molar-refractivity contribution in [3.05, 3.63) is 60.6 Å². The van der Waals surface area contributed by atoms with Crippen molar-refractivity contribution in [2.75, 3.05) is 18.0 Å². The largest absolute Gasteiger partial charge is 0.355 e. The molecule has 5 rings (SSSR count). The number of nitrogens with zero attached hydrogens (tertiary/aromatic N) is 4. The first kappa shape index (κ1) is 20.8.